The molecule has 2 fully saturated rings. The van der Waals surface area contributed by atoms with Gasteiger partial charge in [-0.2, -0.15) is 0 Å². The van der Waals surface area contributed by atoms with Crippen molar-refractivity contribution < 1.29 is 23.2 Å². The molecule has 2 atom stereocenters. The van der Waals surface area contributed by atoms with Crippen LogP contribution >= 0.6 is 0 Å². The Morgan fingerprint density at radius 3 is 2.50 bits per heavy atom. The molecular weight excluding hydrogens is 310 g/mol. The molecule has 1 saturated carbocycles. The van der Waals surface area contributed by atoms with Crippen molar-refractivity contribution in [3.63, 3.8) is 0 Å². The Morgan fingerprint density at radius 1 is 1.29 bits per heavy atom. The van der Waals surface area contributed by atoms with E-state index in [4.69, 9.17) is 14.0 Å². The van der Waals surface area contributed by atoms with Crippen LogP contribution in [0.1, 0.15) is 46.6 Å². The number of ether oxygens (including phenoxy) is 1. The number of hydrogen-bond donors (Lipinski definition) is 0. The molecule has 1 saturated heterocycles. The maximum absolute atomic E-state index is 15.1. The van der Waals surface area contributed by atoms with Crippen molar-refractivity contribution >= 4 is 18.6 Å². The number of alkyl halides is 1. The molecule has 6 heteroatoms. The first-order valence-electron chi connectivity index (χ1n) is 8.42. The van der Waals surface area contributed by atoms with Gasteiger partial charge in [-0.25, -0.2) is 4.39 Å². The van der Waals surface area contributed by atoms with Crippen molar-refractivity contribution in [1.82, 2.24) is 0 Å². The number of hydrogen-bond acceptors (Lipinski definition) is 4. The summed E-state index contributed by atoms with van der Waals surface area (Å²) in [6.07, 6.45) is 0.165. The van der Waals surface area contributed by atoms with Crippen molar-refractivity contribution in [2.24, 2.45) is 5.92 Å². The van der Waals surface area contributed by atoms with Gasteiger partial charge in [-0.3, -0.25) is 4.79 Å². The van der Waals surface area contributed by atoms with Gasteiger partial charge in [0.1, 0.15) is 5.67 Å². The summed E-state index contributed by atoms with van der Waals surface area (Å²) in [5.41, 5.74) is -1.31. The van der Waals surface area contributed by atoms with Crippen molar-refractivity contribution in [1.29, 1.82) is 0 Å². The third kappa shape index (κ3) is 2.76. The first-order valence-corrected chi connectivity index (χ1v) is 8.42. The molecule has 3 rings (SSSR count). The second-order valence-electron chi connectivity index (χ2n) is 7.58. The third-order valence-electron chi connectivity index (χ3n) is 5.36. The van der Waals surface area contributed by atoms with Gasteiger partial charge in [0.05, 0.1) is 23.7 Å². The van der Waals surface area contributed by atoms with E-state index in [0.29, 0.717) is 5.56 Å². The quantitative estimate of drug-likeness (QED) is 0.627. The van der Waals surface area contributed by atoms with E-state index < -0.39 is 35.9 Å². The molecule has 0 spiro atoms. The molecule has 1 aliphatic carbocycles. The second-order valence-corrected chi connectivity index (χ2v) is 7.58. The van der Waals surface area contributed by atoms with Gasteiger partial charge in [0.25, 0.3) is 0 Å². The molecule has 1 aliphatic heterocycles. The Hall–Kier alpha value is -1.40. The van der Waals surface area contributed by atoms with Crippen LogP contribution in [0, 0.1) is 5.92 Å². The molecule has 2 aliphatic rings. The maximum Gasteiger partial charge on any atom is 0.494 e. The Bertz CT molecular complexity index is 644. The molecule has 0 amide bonds. The highest BCUT2D eigenvalue weighted by atomic mass is 19.1. The summed E-state index contributed by atoms with van der Waals surface area (Å²) in [6, 6.07) is 7.07. The molecule has 4 nitrogen and oxygen atoms in total. The molecule has 130 valence electrons. The fourth-order valence-electron chi connectivity index (χ4n) is 2.99. The van der Waals surface area contributed by atoms with Crippen LogP contribution in [-0.4, -0.2) is 30.9 Å². The maximum atomic E-state index is 15.1. The fourth-order valence-corrected chi connectivity index (χ4v) is 2.99. The van der Waals surface area contributed by atoms with Crippen LogP contribution < -0.4 is 5.46 Å². The van der Waals surface area contributed by atoms with Gasteiger partial charge in [-0.05, 0) is 45.6 Å². The van der Waals surface area contributed by atoms with Crippen LogP contribution in [0.25, 0.3) is 0 Å². The lowest BCUT2D eigenvalue weighted by Gasteiger charge is -2.32. The van der Waals surface area contributed by atoms with Crippen molar-refractivity contribution in [2.75, 3.05) is 6.61 Å². The molecule has 1 aromatic carbocycles. The van der Waals surface area contributed by atoms with Gasteiger partial charge < -0.3 is 14.0 Å². The van der Waals surface area contributed by atoms with E-state index >= 15 is 4.39 Å². The van der Waals surface area contributed by atoms with E-state index in [9.17, 15) is 4.79 Å². The molecular formula is C18H24BFO4. The summed E-state index contributed by atoms with van der Waals surface area (Å²) in [5, 5.41) is 0. The third-order valence-corrected chi connectivity index (χ3v) is 5.36. The SMILES string of the molecule is CCOC(=O)C1CC1(F)c1cccc(B2OC(C)(C)C(C)(C)O2)c1. The molecule has 0 radical (unpaired) electrons. The number of benzene rings is 1. The first kappa shape index (κ1) is 17.4. The molecule has 24 heavy (non-hydrogen) atoms. The number of carbonyl (C=O) groups excluding carboxylic acids is 1. The van der Waals surface area contributed by atoms with Crippen LogP contribution in [0.4, 0.5) is 4.39 Å². The van der Waals surface area contributed by atoms with Crippen LogP contribution in [0.5, 0.6) is 0 Å². The lowest BCUT2D eigenvalue weighted by atomic mass is 9.78. The average molecular weight is 334 g/mol. The predicted molar refractivity (Wildman–Crippen MR) is 89.7 cm³/mol. The Kier molecular flexibility index (Phi) is 4.04. The molecule has 0 aromatic heterocycles. The number of carbonyl (C=O) groups is 1. The van der Waals surface area contributed by atoms with E-state index in [1.807, 2.05) is 33.8 Å². The Morgan fingerprint density at radius 2 is 1.92 bits per heavy atom. The van der Waals surface area contributed by atoms with Crippen molar-refractivity contribution in [3.8, 4) is 0 Å². The normalized spacial score (nSPS) is 30.2. The lowest BCUT2D eigenvalue weighted by molar-refractivity contribution is -0.145. The fraction of sp³-hybridized carbons (Fsp3) is 0.611. The van der Waals surface area contributed by atoms with Crippen molar-refractivity contribution in [3.05, 3.63) is 29.8 Å². The summed E-state index contributed by atoms with van der Waals surface area (Å²) in [6.45, 7) is 9.89. The zero-order valence-electron chi connectivity index (χ0n) is 14.9. The van der Waals surface area contributed by atoms with E-state index in [1.54, 1.807) is 25.1 Å². The molecule has 2 unspecified atom stereocenters. The summed E-state index contributed by atoms with van der Waals surface area (Å²) < 4.78 is 32.0. The number of rotatable bonds is 4. The number of halogens is 1. The zero-order chi connectivity index (χ0) is 17.8. The van der Waals surface area contributed by atoms with E-state index in [0.717, 1.165) is 5.46 Å². The summed E-state index contributed by atoms with van der Waals surface area (Å²) in [7, 11) is -0.543. The minimum atomic E-state index is -1.65. The Balaban J connectivity index is 1.81. The van der Waals surface area contributed by atoms with Gasteiger partial charge in [-0.1, -0.05) is 24.3 Å². The van der Waals surface area contributed by atoms with Crippen LogP contribution in [0.15, 0.2) is 24.3 Å². The topological polar surface area (TPSA) is 44.8 Å². The first-order chi connectivity index (χ1) is 11.1. The smallest absolute Gasteiger partial charge is 0.466 e. The van der Waals surface area contributed by atoms with Crippen molar-refractivity contribution in [2.45, 2.75) is 57.9 Å². The second kappa shape index (κ2) is 5.56. The minimum Gasteiger partial charge on any atom is -0.466 e. The van der Waals surface area contributed by atoms with E-state index in [1.165, 1.54) is 0 Å². The van der Waals surface area contributed by atoms with Crippen LogP contribution in [0.2, 0.25) is 0 Å². The predicted octanol–water partition coefficient (Wildman–Crippen LogP) is 2.73. The lowest BCUT2D eigenvalue weighted by Crippen LogP contribution is -2.41. The monoisotopic (exact) mass is 334 g/mol. The van der Waals surface area contributed by atoms with Crippen LogP contribution in [-0.2, 0) is 24.5 Å². The van der Waals surface area contributed by atoms with E-state index in [-0.39, 0.29) is 13.0 Å². The van der Waals surface area contributed by atoms with E-state index in [2.05, 4.69) is 0 Å². The highest BCUT2D eigenvalue weighted by Gasteiger charge is 2.62. The van der Waals surface area contributed by atoms with Gasteiger partial charge in [0.2, 0.25) is 0 Å². The summed E-state index contributed by atoms with van der Waals surface area (Å²) in [4.78, 5) is 11.8. The summed E-state index contributed by atoms with van der Waals surface area (Å²) in [5.74, 6) is -1.19. The molecule has 1 heterocycles. The average Bonchev–Trinajstić information content (AvgIpc) is 3.14. The minimum absolute atomic E-state index is 0.165. The molecule has 0 N–H and O–H groups in total. The van der Waals surface area contributed by atoms with Gasteiger partial charge >= 0.3 is 13.1 Å². The van der Waals surface area contributed by atoms with Crippen LogP contribution in [0.3, 0.4) is 0 Å². The molecule has 1 aromatic rings. The summed E-state index contributed by atoms with van der Waals surface area (Å²) >= 11 is 0. The highest BCUT2D eigenvalue weighted by molar-refractivity contribution is 6.62. The highest BCUT2D eigenvalue weighted by Crippen LogP contribution is 2.56. The largest absolute Gasteiger partial charge is 0.494 e. The van der Waals surface area contributed by atoms with Gasteiger partial charge in [0.15, 0.2) is 0 Å². The number of esters is 1. The Labute approximate surface area is 142 Å². The van der Waals surface area contributed by atoms with Gasteiger partial charge in [-0.15, -0.1) is 0 Å². The molecule has 0 bridgehead atoms. The van der Waals surface area contributed by atoms with Gasteiger partial charge in [0, 0.05) is 6.42 Å². The zero-order valence-corrected chi connectivity index (χ0v) is 14.9. The standard InChI is InChI=1S/C18H24BFO4/c1-6-22-15(21)14-11-18(14,20)12-8-7-9-13(10-12)19-23-16(2,3)17(4,5)24-19/h7-10,14H,6,11H2,1-5H3.